The molecule has 2 heterocycles. The number of likely N-dealkylation sites (tertiary alicyclic amines) is 1. The smallest absolute Gasteiger partial charge is 0.329 e. The topological polar surface area (TPSA) is 82.5 Å². The molecule has 1 fully saturated rings. The van der Waals surface area contributed by atoms with E-state index in [2.05, 4.69) is 10.3 Å². The molecule has 1 aromatic heterocycles. The summed E-state index contributed by atoms with van der Waals surface area (Å²) in [5, 5.41) is 12.0. The molecule has 2 amide bonds. The molecule has 0 saturated carbocycles. The third-order valence-corrected chi connectivity index (χ3v) is 3.54. The van der Waals surface area contributed by atoms with Crippen molar-refractivity contribution in [2.45, 2.75) is 31.8 Å². The Morgan fingerprint density at radius 2 is 2.16 bits per heavy atom. The summed E-state index contributed by atoms with van der Waals surface area (Å²) in [6.45, 7) is 2.44. The number of aliphatic carboxylic acids is 1. The zero-order chi connectivity index (χ0) is 13.9. The normalized spacial score (nSPS) is 22.3. The minimum Gasteiger partial charge on any atom is -0.480 e. The van der Waals surface area contributed by atoms with E-state index in [4.69, 9.17) is 0 Å². The minimum absolute atomic E-state index is 0.334. The van der Waals surface area contributed by atoms with Crippen LogP contribution >= 0.6 is 0 Å². The van der Waals surface area contributed by atoms with Gasteiger partial charge in [0.15, 0.2) is 0 Å². The van der Waals surface area contributed by atoms with E-state index in [9.17, 15) is 14.7 Å². The molecule has 0 aliphatic carbocycles. The van der Waals surface area contributed by atoms with Gasteiger partial charge >= 0.3 is 12.0 Å². The van der Waals surface area contributed by atoms with Gasteiger partial charge in [-0.2, -0.15) is 0 Å². The molecule has 1 aliphatic heterocycles. The summed E-state index contributed by atoms with van der Waals surface area (Å²) in [5.41, 5.74) is -0.165. The highest BCUT2D eigenvalue weighted by molar-refractivity contribution is 5.86. The number of carbonyl (C=O) groups excluding carboxylic acids is 1. The number of urea groups is 1. The van der Waals surface area contributed by atoms with Crippen LogP contribution in [0.4, 0.5) is 4.79 Å². The molecule has 102 valence electrons. The molecule has 2 rings (SSSR count). The second-order valence-corrected chi connectivity index (χ2v) is 4.85. The summed E-state index contributed by atoms with van der Waals surface area (Å²) in [6.07, 6.45) is 4.51. The van der Waals surface area contributed by atoms with E-state index in [0.717, 1.165) is 5.56 Å². The average molecular weight is 263 g/mol. The monoisotopic (exact) mass is 263 g/mol. The zero-order valence-corrected chi connectivity index (χ0v) is 10.8. The molecule has 6 nitrogen and oxygen atoms in total. The maximum absolute atomic E-state index is 12.1. The van der Waals surface area contributed by atoms with Crippen LogP contribution in [0.3, 0.4) is 0 Å². The van der Waals surface area contributed by atoms with Crippen LogP contribution in [-0.2, 0) is 11.3 Å². The van der Waals surface area contributed by atoms with E-state index < -0.39 is 11.5 Å². The molecule has 2 N–H and O–H groups in total. The summed E-state index contributed by atoms with van der Waals surface area (Å²) >= 11 is 0. The lowest BCUT2D eigenvalue weighted by molar-refractivity contribution is -0.147. The number of rotatable bonds is 3. The van der Waals surface area contributed by atoms with Crippen molar-refractivity contribution in [2.24, 2.45) is 0 Å². The summed E-state index contributed by atoms with van der Waals surface area (Å²) in [4.78, 5) is 28.7. The van der Waals surface area contributed by atoms with E-state index in [-0.39, 0.29) is 6.03 Å². The van der Waals surface area contributed by atoms with E-state index >= 15 is 0 Å². The van der Waals surface area contributed by atoms with E-state index in [0.29, 0.717) is 25.9 Å². The number of nitrogens with zero attached hydrogens (tertiary/aromatic N) is 2. The van der Waals surface area contributed by atoms with Crippen LogP contribution in [0.2, 0.25) is 0 Å². The quantitative estimate of drug-likeness (QED) is 0.859. The Morgan fingerprint density at radius 1 is 1.47 bits per heavy atom. The van der Waals surface area contributed by atoms with E-state index in [1.165, 1.54) is 4.90 Å². The van der Waals surface area contributed by atoms with Crippen molar-refractivity contribution in [2.75, 3.05) is 6.54 Å². The van der Waals surface area contributed by atoms with Crippen molar-refractivity contribution in [1.82, 2.24) is 15.2 Å². The van der Waals surface area contributed by atoms with Crippen molar-refractivity contribution >= 4 is 12.0 Å². The number of carboxylic acids is 1. The van der Waals surface area contributed by atoms with Crippen LogP contribution in [0.15, 0.2) is 24.5 Å². The molecular formula is C13H17N3O3. The zero-order valence-electron chi connectivity index (χ0n) is 10.8. The van der Waals surface area contributed by atoms with Gasteiger partial charge in [-0.25, -0.2) is 9.59 Å². The fourth-order valence-corrected chi connectivity index (χ4v) is 2.28. The molecular weight excluding hydrogens is 246 g/mol. The Labute approximate surface area is 111 Å². The van der Waals surface area contributed by atoms with Gasteiger partial charge in [-0.3, -0.25) is 4.98 Å². The standard InChI is InChI=1S/C13H17N3O3/c1-13(11(17)18)5-2-8-16(13)12(19)15-9-10-3-6-14-7-4-10/h3-4,6-7H,2,5,8-9H2,1H3,(H,15,19)(H,17,18). The molecule has 1 saturated heterocycles. The number of carbonyl (C=O) groups is 2. The van der Waals surface area contributed by atoms with E-state index in [1.807, 2.05) is 0 Å². The lowest BCUT2D eigenvalue weighted by Crippen LogP contribution is -2.53. The molecule has 1 aliphatic rings. The molecule has 0 aromatic carbocycles. The average Bonchev–Trinajstić information content (AvgIpc) is 2.81. The number of hydrogen-bond donors (Lipinski definition) is 2. The van der Waals surface area contributed by atoms with Crippen molar-refractivity contribution < 1.29 is 14.7 Å². The van der Waals surface area contributed by atoms with Gasteiger partial charge in [0.25, 0.3) is 0 Å². The van der Waals surface area contributed by atoms with E-state index in [1.54, 1.807) is 31.5 Å². The molecule has 1 aromatic rings. The second kappa shape index (κ2) is 5.26. The number of amides is 2. The van der Waals surface area contributed by atoms with Gasteiger partial charge in [-0.05, 0) is 37.5 Å². The number of pyridine rings is 1. The highest BCUT2D eigenvalue weighted by Gasteiger charge is 2.45. The van der Waals surface area contributed by atoms with Crippen LogP contribution < -0.4 is 5.32 Å². The Kier molecular flexibility index (Phi) is 3.69. The lowest BCUT2D eigenvalue weighted by atomic mass is 10.00. The van der Waals surface area contributed by atoms with Gasteiger partial charge in [0, 0.05) is 25.5 Å². The van der Waals surface area contributed by atoms with Crippen molar-refractivity contribution in [3.05, 3.63) is 30.1 Å². The molecule has 0 bridgehead atoms. The van der Waals surface area contributed by atoms with Gasteiger partial charge in [-0.1, -0.05) is 0 Å². The first kappa shape index (κ1) is 13.3. The molecule has 0 radical (unpaired) electrons. The van der Waals surface area contributed by atoms with Crippen LogP contribution in [0, 0.1) is 0 Å². The molecule has 1 atom stereocenters. The predicted octanol–water partition coefficient (Wildman–Crippen LogP) is 1.23. The second-order valence-electron chi connectivity index (χ2n) is 4.85. The van der Waals surface area contributed by atoms with Gasteiger partial charge in [0.2, 0.25) is 0 Å². The highest BCUT2D eigenvalue weighted by Crippen LogP contribution is 2.29. The first-order valence-corrected chi connectivity index (χ1v) is 6.22. The fraction of sp³-hybridized carbons (Fsp3) is 0.462. The summed E-state index contributed by atoms with van der Waals surface area (Å²) in [5.74, 6) is -0.955. The third-order valence-electron chi connectivity index (χ3n) is 3.54. The van der Waals surface area contributed by atoms with Gasteiger partial charge in [0.1, 0.15) is 5.54 Å². The maximum atomic E-state index is 12.1. The number of hydrogen-bond acceptors (Lipinski definition) is 3. The molecule has 1 unspecified atom stereocenters. The summed E-state index contributed by atoms with van der Waals surface area (Å²) in [6, 6.07) is 3.28. The SMILES string of the molecule is CC1(C(=O)O)CCCN1C(=O)NCc1ccncc1. The van der Waals surface area contributed by atoms with Gasteiger partial charge < -0.3 is 15.3 Å². The first-order valence-electron chi connectivity index (χ1n) is 6.22. The minimum atomic E-state index is -1.09. The number of aromatic nitrogens is 1. The lowest BCUT2D eigenvalue weighted by Gasteiger charge is -2.31. The third kappa shape index (κ3) is 2.67. The first-order chi connectivity index (χ1) is 9.04. The Morgan fingerprint density at radius 3 is 2.79 bits per heavy atom. The largest absolute Gasteiger partial charge is 0.480 e. The highest BCUT2D eigenvalue weighted by atomic mass is 16.4. The van der Waals surface area contributed by atoms with Crippen molar-refractivity contribution in [1.29, 1.82) is 0 Å². The Balaban J connectivity index is 1.98. The fourth-order valence-electron chi connectivity index (χ4n) is 2.28. The number of nitrogens with one attached hydrogen (secondary N) is 1. The Bertz CT molecular complexity index is 477. The van der Waals surface area contributed by atoms with Crippen LogP contribution in [0.1, 0.15) is 25.3 Å². The molecule has 0 spiro atoms. The van der Waals surface area contributed by atoms with Crippen LogP contribution in [0.5, 0.6) is 0 Å². The van der Waals surface area contributed by atoms with Crippen LogP contribution in [-0.4, -0.2) is 39.1 Å². The molecule has 6 heteroatoms. The Hall–Kier alpha value is -2.11. The predicted molar refractivity (Wildman–Crippen MR) is 68.5 cm³/mol. The van der Waals surface area contributed by atoms with Crippen LogP contribution in [0.25, 0.3) is 0 Å². The molecule has 19 heavy (non-hydrogen) atoms. The van der Waals surface area contributed by atoms with Gasteiger partial charge in [-0.15, -0.1) is 0 Å². The van der Waals surface area contributed by atoms with Gasteiger partial charge in [0.05, 0.1) is 0 Å². The van der Waals surface area contributed by atoms with Crippen molar-refractivity contribution in [3.63, 3.8) is 0 Å². The maximum Gasteiger partial charge on any atom is 0.329 e. The summed E-state index contributed by atoms with van der Waals surface area (Å²) in [7, 11) is 0. The van der Waals surface area contributed by atoms with Crippen molar-refractivity contribution in [3.8, 4) is 0 Å². The summed E-state index contributed by atoms with van der Waals surface area (Å²) < 4.78 is 0. The number of carboxylic acid groups (broad SMARTS) is 1.